The van der Waals surface area contributed by atoms with E-state index in [1.165, 1.54) is 5.56 Å². The lowest BCUT2D eigenvalue weighted by atomic mass is 10.0. The summed E-state index contributed by atoms with van der Waals surface area (Å²) < 4.78 is 2.82. The molecule has 0 N–H and O–H groups in total. The minimum atomic E-state index is 0.0308. The Bertz CT molecular complexity index is 1130. The van der Waals surface area contributed by atoms with Crippen molar-refractivity contribution in [2.75, 3.05) is 0 Å². The molecule has 4 aromatic rings. The maximum Gasteiger partial charge on any atom is 0.259 e. The summed E-state index contributed by atoms with van der Waals surface area (Å²) in [4.78, 5) is 13.3. The van der Waals surface area contributed by atoms with E-state index in [4.69, 9.17) is 0 Å². The van der Waals surface area contributed by atoms with Gasteiger partial charge in [-0.1, -0.05) is 78.4 Å². The van der Waals surface area contributed by atoms with Gasteiger partial charge in [0.1, 0.15) is 0 Å². The lowest BCUT2D eigenvalue weighted by molar-refractivity contribution is 0.774. The third kappa shape index (κ3) is 2.99. The Morgan fingerprint density at radius 1 is 0.808 bits per heavy atom. The van der Waals surface area contributed by atoms with Gasteiger partial charge in [0.25, 0.3) is 5.56 Å². The summed E-state index contributed by atoms with van der Waals surface area (Å²) in [5.74, 6) is 0. The molecule has 0 unspecified atom stereocenters. The molecule has 0 aliphatic heterocycles. The quantitative estimate of drug-likeness (QED) is 0.424. The van der Waals surface area contributed by atoms with Crippen LogP contribution in [-0.4, -0.2) is 4.57 Å². The fourth-order valence-corrected chi connectivity index (χ4v) is 4.05. The van der Waals surface area contributed by atoms with E-state index in [2.05, 4.69) is 59.3 Å². The molecule has 1 heterocycles. The molecule has 0 atom stereocenters. The highest BCUT2D eigenvalue weighted by atomic mass is 79.9. The first-order chi connectivity index (χ1) is 12.6. The van der Waals surface area contributed by atoms with Crippen molar-refractivity contribution in [3.8, 4) is 11.3 Å². The van der Waals surface area contributed by atoms with Crippen LogP contribution >= 0.6 is 15.9 Å². The van der Waals surface area contributed by atoms with Crippen molar-refractivity contribution in [2.45, 2.75) is 13.5 Å². The van der Waals surface area contributed by atoms with Gasteiger partial charge in [-0.15, -0.1) is 0 Å². The summed E-state index contributed by atoms with van der Waals surface area (Å²) in [5.41, 5.74) is 4.27. The number of pyridine rings is 1. The third-order valence-electron chi connectivity index (χ3n) is 4.63. The molecule has 0 bridgehead atoms. The molecule has 3 aromatic carbocycles. The first-order valence-electron chi connectivity index (χ1n) is 8.57. The van der Waals surface area contributed by atoms with Crippen LogP contribution in [0.15, 0.2) is 88.1 Å². The van der Waals surface area contributed by atoms with E-state index in [1.807, 2.05) is 47.0 Å². The molecular weight excluding hydrogens is 386 g/mol. The van der Waals surface area contributed by atoms with Gasteiger partial charge in [0.05, 0.1) is 12.2 Å². The van der Waals surface area contributed by atoms with Crippen LogP contribution < -0.4 is 5.56 Å². The fourth-order valence-electron chi connectivity index (χ4n) is 3.26. The highest BCUT2D eigenvalue weighted by Gasteiger charge is 2.16. The van der Waals surface area contributed by atoms with Crippen LogP contribution in [-0.2, 0) is 6.54 Å². The molecule has 0 spiro atoms. The van der Waals surface area contributed by atoms with Crippen LogP contribution in [0.1, 0.15) is 11.1 Å². The SMILES string of the molecule is Cc1ccc(-c2c(Br)c3ccccc3c(=O)n2Cc2ccccc2)cc1. The number of halogens is 1. The standard InChI is InChI=1S/C23H18BrNO/c1-16-11-13-18(14-12-16)22-21(24)19-9-5-6-10-20(19)23(26)25(22)15-17-7-3-2-4-8-17/h2-14H,15H2,1H3. The van der Waals surface area contributed by atoms with Gasteiger partial charge in [-0.05, 0) is 40.0 Å². The molecule has 128 valence electrons. The molecule has 0 amide bonds. The monoisotopic (exact) mass is 403 g/mol. The van der Waals surface area contributed by atoms with Gasteiger partial charge in [0.2, 0.25) is 0 Å². The number of aryl methyl sites for hydroxylation is 1. The molecular formula is C23H18BrNO. The van der Waals surface area contributed by atoms with Crippen molar-refractivity contribution in [2.24, 2.45) is 0 Å². The largest absolute Gasteiger partial charge is 0.302 e. The van der Waals surface area contributed by atoms with E-state index in [0.717, 1.165) is 32.1 Å². The highest BCUT2D eigenvalue weighted by molar-refractivity contribution is 9.10. The number of hydrogen-bond acceptors (Lipinski definition) is 1. The van der Waals surface area contributed by atoms with Gasteiger partial charge in [-0.3, -0.25) is 4.79 Å². The molecule has 2 nitrogen and oxygen atoms in total. The van der Waals surface area contributed by atoms with Crippen molar-refractivity contribution in [3.63, 3.8) is 0 Å². The molecule has 0 saturated carbocycles. The number of aromatic nitrogens is 1. The second-order valence-corrected chi connectivity index (χ2v) is 7.24. The van der Waals surface area contributed by atoms with Gasteiger partial charge in [-0.25, -0.2) is 0 Å². The van der Waals surface area contributed by atoms with Crippen LogP contribution in [0.4, 0.5) is 0 Å². The first-order valence-corrected chi connectivity index (χ1v) is 9.36. The molecule has 3 heteroatoms. The van der Waals surface area contributed by atoms with Crippen LogP contribution in [0, 0.1) is 6.92 Å². The van der Waals surface area contributed by atoms with Gasteiger partial charge >= 0.3 is 0 Å². The summed E-state index contributed by atoms with van der Waals surface area (Å²) in [5, 5.41) is 1.67. The average molecular weight is 404 g/mol. The summed E-state index contributed by atoms with van der Waals surface area (Å²) in [6, 6.07) is 26.2. The summed E-state index contributed by atoms with van der Waals surface area (Å²) in [7, 11) is 0. The van der Waals surface area contributed by atoms with Gasteiger partial charge in [0.15, 0.2) is 0 Å². The number of benzene rings is 3. The van der Waals surface area contributed by atoms with Crippen LogP contribution in [0.25, 0.3) is 22.0 Å². The molecule has 0 aliphatic rings. The maximum absolute atomic E-state index is 13.3. The second kappa shape index (κ2) is 6.93. The smallest absolute Gasteiger partial charge is 0.259 e. The van der Waals surface area contributed by atoms with E-state index in [-0.39, 0.29) is 5.56 Å². The Morgan fingerprint density at radius 2 is 1.42 bits per heavy atom. The van der Waals surface area contributed by atoms with Crippen molar-refractivity contribution < 1.29 is 0 Å². The predicted molar refractivity (Wildman–Crippen MR) is 112 cm³/mol. The Morgan fingerprint density at radius 3 is 2.12 bits per heavy atom. The summed E-state index contributed by atoms with van der Waals surface area (Å²) in [6.07, 6.45) is 0. The Hall–Kier alpha value is -2.65. The van der Waals surface area contributed by atoms with Crippen LogP contribution in [0.5, 0.6) is 0 Å². The van der Waals surface area contributed by atoms with Crippen LogP contribution in [0.3, 0.4) is 0 Å². The number of nitrogens with zero attached hydrogens (tertiary/aromatic N) is 1. The molecule has 0 saturated heterocycles. The maximum atomic E-state index is 13.3. The van der Waals surface area contributed by atoms with Crippen molar-refractivity contribution in [1.29, 1.82) is 0 Å². The number of hydrogen-bond donors (Lipinski definition) is 0. The van der Waals surface area contributed by atoms with Crippen molar-refractivity contribution in [3.05, 3.63) is 105 Å². The highest BCUT2D eigenvalue weighted by Crippen LogP contribution is 2.33. The molecule has 0 radical (unpaired) electrons. The normalized spacial score (nSPS) is 11.0. The van der Waals surface area contributed by atoms with Crippen molar-refractivity contribution in [1.82, 2.24) is 4.57 Å². The third-order valence-corrected chi connectivity index (χ3v) is 5.43. The van der Waals surface area contributed by atoms with Crippen LogP contribution in [0.2, 0.25) is 0 Å². The Labute approximate surface area is 160 Å². The first kappa shape index (κ1) is 16.8. The lowest BCUT2D eigenvalue weighted by Crippen LogP contribution is -2.23. The number of fused-ring (bicyclic) bond motifs is 1. The molecule has 0 aliphatic carbocycles. The van der Waals surface area contributed by atoms with E-state index in [9.17, 15) is 4.79 Å². The zero-order valence-corrected chi connectivity index (χ0v) is 16.0. The molecule has 4 rings (SSSR count). The van der Waals surface area contributed by atoms with Gasteiger partial charge in [-0.2, -0.15) is 0 Å². The molecule has 1 aromatic heterocycles. The lowest BCUT2D eigenvalue weighted by Gasteiger charge is -2.18. The second-order valence-electron chi connectivity index (χ2n) is 6.45. The van der Waals surface area contributed by atoms with E-state index < -0.39 is 0 Å². The van der Waals surface area contributed by atoms with Crippen molar-refractivity contribution >= 4 is 26.7 Å². The van der Waals surface area contributed by atoms with E-state index in [0.29, 0.717) is 6.54 Å². The Kier molecular flexibility index (Phi) is 4.48. The summed E-state index contributed by atoms with van der Waals surface area (Å²) in [6.45, 7) is 2.60. The minimum Gasteiger partial charge on any atom is -0.302 e. The zero-order chi connectivity index (χ0) is 18.1. The fraction of sp³-hybridized carbons (Fsp3) is 0.0870. The molecule has 0 fully saturated rings. The molecule has 26 heavy (non-hydrogen) atoms. The Balaban J connectivity index is 2.04. The number of rotatable bonds is 3. The average Bonchev–Trinajstić information content (AvgIpc) is 2.68. The minimum absolute atomic E-state index is 0.0308. The topological polar surface area (TPSA) is 22.0 Å². The van der Waals surface area contributed by atoms with E-state index in [1.54, 1.807) is 0 Å². The van der Waals surface area contributed by atoms with Gasteiger partial charge < -0.3 is 4.57 Å². The zero-order valence-electron chi connectivity index (χ0n) is 14.4. The van der Waals surface area contributed by atoms with E-state index >= 15 is 0 Å². The van der Waals surface area contributed by atoms with Gasteiger partial charge in [0, 0.05) is 15.2 Å². The predicted octanol–water partition coefficient (Wildman–Crippen LogP) is 5.79. The summed E-state index contributed by atoms with van der Waals surface area (Å²) >= 11 is 3.78.